The lowest BCUT2D eigenvalue weighted by atomic mass is 10.1. The third-order valence-electron chi connectivity index (χ3n) is 4.93. The van der Waals surface area contributed by atoms with Crippen LogP contribution in [0.1, 0.15) is 11.1 Å². The number of aryl methyl sites for hydroxylation is 2. The number of hydrogen-bond donors (Lipinski definition) is 1. The molecule has 0 saturated carbocycles. The average Bonchev–Trinajstić information content (AvgIpc) is 2.71. The lowest BCUT2D eigenvalue weighted by Crippen LogP contribution is -2.07. The number of aromatic nitrogens is 1. The number of para-hydroxylation sites is 1. The largest absolute Gasteiger partial charge is 0.354 e. The van der Waals surface area contributed by atoms with Crippen molar-refractivity contribution in [3.05, 3.63) is 89.1 Å². The van der Waals surface area contributed by atoms with Gasteiger partial charge >= 0.3 is 0 Å². The first-order valence-corrected chi connectivity index (χ1v) is 10.9. The Kier molecular flexibility index (Phi) is 5.03. The molecule has 4 aromatic rings. The number of anilines is 2. The zero-order valence-electron chi connectivity index (χ0n) is 16.0. The highest BCUT2D eigenvalue weighted by molar-refractivity contribution is 7.91. The van der Waals surface area contributed by atoms with Crippen molar-refractivity contribution in [2.24, 2.45) is 0 Å². The minimum absolute atomic E-state index is 0.122. The maximum absolute atomic E-state index is 13.4. The Bertz CT molecular complexity index is 1320. The zero-order valence-corrected chi connectivity index (χ0v) is 17.6. The first-order valence-electron chi connectivity index (χ1n) is 9.09. The molecule has 1 aromatic heterocycles. The molecule has 146 valence electrons. The van der Waals surface area contributed by atoms with Gasteiger partial charge < -0.3 is 5.32 Å². The summed E-state index contributed by atoms with van der Waals surface area (Å²) in [6, 6.07) is 19.6. The molecular weight excluding hydrogens is 404 g/mol. The van der Waals surface area contributed by atoms with Crippen molar-refractivity contribution in [3.63, 3.8) is 0 Å². The molecular formula is C23H19ClN2O2S. The molecule has 6 heteroatoms. The zero-order chi connectivity index (χ0) is 20.6. The van der Waals surface area contributed by atoms with E-state index < -0.39 is 9.84 Å². The molecule has 0 fully saturated rings. The molecule has 0 amide bonds. The van der Waals surface area contributed by atoms with Crippen LogP contribution in [-0.4, -0.2) is 13.4 Å². The summed E-state index contributed by atoms with van der Waals surface area (Å²) in [7, 11) is -3.80. The summed E-state index contributed by atoms with van der Waals surface area (Å²) >= 11 is 5.93. The van der Waals surface area contributed by atoms with Crippen LogP contribution in [0.3, 0.4) is 0 Å². The predicted octanol–water partition coefficient (Wildman–Crippen LogP) is 6.08. The molecule has 4 nitrogen and oxygen atoms in total. The fraction of sp³-hybridized carbons (Fsp3) is 0.0870. The van der Waals surface area contributed by atoms with Crippen LogP contribution in [-0.2, 0) is 9.84 Å². The maximum Gasteiger partial charge on any atom is 0.210 e. The van der Waals surface area contributed by atoms with Crippen LogP contribution in [0.2, 0.25) is 5.02 Å². The molecule has 1 heterocycles. The van der Waals surface area contributed by atoms with Crippen LogP contribution >= 0.6 is 11.6 Å². The molecule has 1 N–H and O–H groups in total. The second kappa shape index (κ2) is 7.50. The van der Waals surface area contributed by atoms with Crippen molar-refractivity contribution in [2.75, 3.05) is 5.32 Å². The van der Waals surface area contributed by atoms with Gasteiger partial charge in [0.15, 0.2) is 0 Å². The van der Waals surface area contributed by atoms with E-state index in [4.69, 9.17) is 11.6 Å². The van der Waals surface area contributed by atoms with Crippen molar-refractivity contribution in [1.82, 2.24) is 4.98 Å². The standard InChI is InChI=1S/C23H19ClN2O2S/c1-15-7-10-18(13-16(15)2)26-23-20-5-3-4-6-21(20)25-14-22(23)29(27,28)19-11-8-17(24)9-12-19/h3-14H,1-2H3,(H,25,26). The first kappa shape index (κ1) is 19.4. The Morgan fingerprint density at radius 1 is 0.897 bits per heavy atom. The number of nitrogens with one attached hydrogen (secondary N) is 1. The van der Waals surface area contributed by atoms with Crippen LogP contribution < -0.4 is 5.32 Å². The summed E-state index contributed by atoms with van der Waals surface area (Å²) in [6.07, 6.45) is 1.41. The minimum Gasteiger partial charge on any atom is -0.354 e. The van der Waals surface area contributed by atoms with Crippen LogP contribution in [0.5, 0.6) is 0 Å². The van der Waals surface area contributed by atoms with Crippen LogP contribution in [0.15, 0.2) is 82.7 Å². The highest BCUT2D eigenvalue weighted by Crippen LogP contribution is 2.35. The van der Waals surface area contributed by atoms with Crippen LogP contribution in [0, 0.1) is 13.8 Å². The van der Waals surface area contributed by atoms with E-state index in [2.05, 4.69) is 10.3 Å². The van der Waals surface area contributed by atoms with E-state index in [9.17, 15) is 8.42 Å². The summed E-state index contributed by atoms with van der Waals surface area (Å²) in [5.74, 6) is 0. The topological polar surface area (TPSA) is 59.1 Å². The van der Waals surface area contributed by atoms with Gasteiger partial charge in [-0.25, -0.2) is 8.42 Å². The van der Waals surface area contributed by atoms with Gasteiger partial charge in [0.05, 0.1) is 16.1 Å². The van der Waals surface area contributed by atoms with E-state index in [0.29, 0.717) is 16.2 Å². The normalized spacial score (nSPS) is 11.6. The van der Waals surface area contributed by atoms with Gasteiger partial charge in [0, 0.05) is 22.3 Å². The average molecular weight is 423 g/mol. The second-order valence-electron chi connectivity index (χ2n) is 6.90. The fourth-order valence-corrected chi connectivity index (χ4v) is 4.66. The van der Waals surface area contributed by atoms with Crippen LogP contribution in [0.25, 0.3) is 10.9 Å². The van der Waals surface area contributed by atoms with E-state index in [1.54, 1.807) is 12.1 Å². The van der Waals surface area contributed by atoms with E-state index in [1.807, 2.05) is 56.3 Å². The molecule has 3 aromatic carbocycles. The Morgan fingerprint density at radius 2 is 1.62 bits per heavy atom. The fourth-order valence-electron chi connectivity index (χ4n) is 3.16. The number of nitrogens with zero attached hydrogens (tertiary/aromatic N) is 1. The molecule has 29 heavy (non-hydrogen) atoms. The Hall–Kier alpha value is -2.89. The van der Waals surface area contributed by atoms with Crippen molar-refractivity contribution < 1.29 is 8.42 Å². The number of hydrogen-bond acceptors (Lipinski definition) is 4. The molecule has 0 aliphatic heterocycles. The minimum atomic E-state index is -3.80. The molecule has 0 spiro atoms. The van der Waals surface area contributed by atoms with E-state index in [1.165, 1.54) is 23.9 Å². The molecule has 0 aliphatic carbocycles. The molecule has 0 bridgehead atoms. The molecule has 0 radical (unpaired) electrons. The van der Waals surface area contributed by atoms with Gasteiger partial charge in [-0.3, -0.25) is 4.98 Å². The van der Waals surface area contributed by atoms with E-state index in [-0.39, 0.29) is 9.79 Å². The Labute approximate surface area is 175 Å². The van der Waals surface area contributed by atoms with Crippen molar-refractivity contribution >= 4 is 43.7 Å². The van der Waals surface area contributed by atoms with Gasteiger partial charge in [0.2, 0.25) is 9.84 Å². The maximum atomic E-state index is 13.4. The smallest absolute Gasteiger partial charge is 0.210 e. The summed E-state index contributed by atoms with van der Waals surface area (Å²) < 4.78 is 26.8. The van der Waals surface area contributed by atoms with Gasteiger partial charge in [0.1, 0.15) is 4.90 Å². The first-order chi connectivity index (χ1) is 13.9. The summed E-state index contributed by atoms with van der Waals surface area (Å²) in [5.41, 5.74) is 4.33. The van der Waals surface area contributed by atoms with Gasteiger partial charge in [-0.1, -0.05) is 35.9 Å². The lowest BCUT2D eigenvalue weighted by molar-refractivity contribution is 0.596. The van der Waals surface area contributed by atoms with Crippen molar-refractivity contribution in [2.45, 2.75) is 23.6 Å². The predicted molar refractivity (Wildman–Crippen MR) is 118 cm³/mol. The Balaban J connectivity index is 1.93. The van der Waals surface area contributed by atoms with Gasteiger partial charge in [-0.15, -0.1) is 0 Å². The number of rotatable bonds is 4. The van der Waals surface area contributed by atoms with E-state index >= 15 is 0 Å². The molecule has 0 aliphatic rings. The lowest BCUT2D eigenvalue weighted by Gasteiger charge is -2.16. The van der Waals surface area contributed by atoms with Crippen molar-refractivity contribution in [1.29, 1.82) is 0 Å². The summed E-state index contributed by atoms with van der Waals surface area (Å²) in [5, 5.41) is 4.54. The third kappa shape index (κ3) is 3.71. The highest BCUT2D eigenvalue weighted by Gasteiger charge is 2.24. The number of sulfone groups is 1. The number of halogens is 1. The number of benzene rings is 3. The van der Waals surface area contributed by atoms with E-state index in [0.717, 1.165) is 16.6 Å². The second-order valence-corrected chi connectivity index (χ2v) is 9.25. The molecule has 0 saturated heterocycles. The SMILES string of the molecule is Cc1ccc(Nc2c(S(=O)(=O)c3ccc(Cl)cc3)cnc3ccccc23)cc1C. The monoisotopic (exact) mass is 422 g/mol. The molecule has 0 unspecified atom stereocenters. The summed E-state index contributed by atoms with van der Waals surface area (Å²) in [6.45, 7) is 4.06. The third-order valence-corrected chi connectivity index (χ3v) is 6.96. The van der Waals surface area contributed by atoms with Gasteiger partial charge in [-0.2, -0.15) is 0 Å². The number of fused-ring (bicyclic) bond motifs is 1. The van der Waals surface area contributed by atoms with Gasteiger partial charge in [-0.05, 0) is 67.4 Å². The van der Waals surface area contributed by atoms with Crippen molar-refractivity contribution in [3.8, 4) is 0 Å². The molecule has 0 atom stereocenters. The quantitative estimate of drug-likeness (QED) is 0.432. The summed E-state index contributed by atoms with van der Waals surface area (Å²) in [4.78, 5) is 4.67. The Morgan fingerprint density at radius 3 is 2.34 bits per heavy atom. The van der Waals surface area contributed by atoms with Crippen LogP contribution in [0.4, 0.5) is 11.4 Å². The molecule has 4 rings (SSSR count). The highest BCUT2D eigenvalue weighted by atomic mass is 35.5. The van der Waals surface area contributed by atoms with Gasteiger partial charge in [0.25, 0.3) is 0 Å². The number of pyridine rings is 1.